The van der Waals surface area contributed by atoms with E-state index in [-0.39, 0.29) is 11.5 Å². The van der Waals surface area contributed by atoms with E-state index in [1.165, 1.54) is 39.2 Å². The molecule has 2 fully saturated rings. The Morgan fingerprint density at radius 3 is 2.50 bits per heavy atom. The van der Waals surface area contributed by atoms with Gasteiger partial charge in [-0.1, -0.05) is 12.8 Å². The molecule has 2 saturated carbocycles. The third kappa shape index (κ3) is 2.76. The highest BCUT2D eigenvalue weighted by molar-refractivity contribution is 5.71. The Morgan fingerprint density at radius 1 is 1.31 bits per heavy atom. The standard InChI is InChI=1S/C13H23NO2/c1-16-12(15)9-13(7-4-8-13)14-10-11-5-2-3-6-11/h11,14H,2-10H2,1H3. The summed E-state index contributed by atoms with van der Waals surface area (Å²) in [4.78, 5) is 11.4. The lowest BCUT2D eigenvalue weighted by Crippen LogP contribution is -2.53. The van der Waals surface area contributed by atoms with Gasteiger partial charge in [0.2, 0.25) is 0 Å². The average Bonchev–Trinajstić information content (AvgIpc) is 2.74. The van der Waals surface area contributed by atoms with Crippen LogP contribution in [0.4, 0.5) is 0 Å². The minimum absolute atomic E-state index is 0.0707. The smallest absolute Gasteiger partial charge is 0.307 e. The third-order valence-electron chi connectivity index (χ3n) is 4.26. The van der Waals surface area contributed by atoms with E-state index in [9.17, 15) is 4.79 Å². The van der Waals surface area contributed by atoms with E-state index in [1.54, 1.807) is 0 Å². The maximum atomic E-state index is 11.4. The fourth-order valence-electron chi connectivity index (χ4n) is 2.94. The van der Waals surface area contributed by atoms with E-state index in [0.717, 1.165) is 25.3 Å². The lowest BCUT2D eigenvalue weighted by Gasteiger charge is -2.42. The van der Waals surface area contributed by atoms with Gasteiger partial charge in [0.1, 0.15) is 0 Å². The highest BCUT2D eigenvalue weighted by atomic mass is 16.5. The van der Waals surface area contributed by atoms with Gasteiger partial charge in [-0.3, -0.25) is 4.79 Å². The first-order valence-corrected chi connectivity index (χ1v) is 6.56. The van der Waals surface area contributed by atoms with Crippen LogP contribution in [0.2, 0.25) is 0 Å². The zero-order valence-corrected chi connectivity index (χ0v) is 10.3. The molecule has 0 aromatic carbocycles. The van der Waals surface area contributed by atoms with E-state index < -0.39 is 0 Å². The summed E-state index contributed by atoms with van der Waals surface area (Å²) < 4.78 is 4.77. The first-order valence-electron chi connectivity index (χ1n) is 6.56. The highest BCUT2D eigenvalue weighted by Crippen LogP contribution is 2.36. The van der Waals surface area contributed by atoms with E-state index in [0.29, 0.717) is 6.42 Å². The molecule has 0 atom stereocenters. The Kier molecular flexibility index (Phi) is 3.85. The SMILES string of the molecule is COC(=O)CC1(NCC2CCCC2)CCC1. The molecule has 0 aliphatic heterocycles. The number of hydrogen-bond acceptors (Lipinski definition) is 3. The molecule has 0 aromatic rings. The molecule has 3 nitrogen and oxygen atoms in total. The lowest BCUT2D eigenvalue weighted by atomic mass is 9.74. The van der Waals surface area contributed by atoms with Crippen molar-refractivity contribution >= 4 is 5.97 Å². The van der Waals surface area contributed by atoms with Gasteiger partial charge in [-0.05, 0) is 44.6 Å². The maximum Gasteiger partial charge on any atom is 0.307 e. The van der Waals surface area contributed by atoms with Crippen LogP contribution in [0.1, 0.15) is 51.4 Å². The molecule has 0 amide bonds. The number of methoxy groups -OCH3 is 1. The van der Waals surface area contributed by atoms with Gasteiger partial charge in [-0.25, -0.2) is 0 Å². The first-order chi connectivity index (χ1) is 7.74. The van der Waals surface area contributed by atoms with Crippen molar-refractivity contribution in [2.45, 2.75) is 56.9 Å². The molecule has 16 heavy (non-hydrogen) atoms. The molecule has 0 heterocycles. The van der Waals surface area contributed by atoms with Crippen LogP contribution in [0.5, 0.6) is 0 Å². The fourth-order valence-corrected chi connectivity index (χ4v) is 2.94. The summed E-state index contributed by atoms with van der Waals surface area (Å²) in [6.45, 7) is 1.09. The normalized spacial score (nSPS) is 24.1. The van der Waals surface area contributed by atoms with Crippen LogP contribution in [0.3, 0.4) is 0 Å². The van der Waals surface area contributed by atoms with Crippen molar-refractivity contribution in [2.75, 3.05) is 13.7 Å². The summed E-state index contributed by atoms with van der Waals surface area (Å²) in [6, 6.07) is 0. The van der Waals surface area contributed by atoms with Crippen LogP contribution in [-0.2, 0) is 9.53 Å². The molecule has 0 bridgehead atoms. The van der Waals surface area contributed by atoms with Crippen LogP contribution in [0, 0.1) is 5.92 Å². The molecule has 2 aliphatic carbocycles. The van der Waals surface area contributed by atoms with Crippen LogP contribution >= 0.6 is 0 Å². The number of rotatable bonds is 5. The second-order valence-corrected chi connectivity index (χ2v) is 5.42. The van der Waals surface area contributed by atoms with Gasteiger partial charge in [0.25, 0.3) is 0 Å². The number of carbonyl (C=O) groups is 1. The lowest BCUT2D eigenvalue weighted by molar-refractivity contribution is -0.143. The predicted octanol–water partition coefficient (Wildman–Crippen LogP) is 2.25. The van der Waals surface area contributed by atoms with Gasteiger partial charge < -0.3 is 10.1 Å². The molecular formula is C13H23NO2. The molecule has 3 heteroatoms. The van der Waals surface area contributed by atoms with E-state index in [2.05, 4.69) is 5.32 Å². The molecule has 92 valence electrons. The topological polar surface area (TPSA) is 38.3 Å². The Balaban J connectivity index is 1.77. The molecule has 2 rings (SSSR count). The molecule has 0 unspecified atom stereocenters. The van der Waals surface area contributed by atoms with E-state index in [1.807, 2.05) is 0 Å². The summed E-state index contributed by atoms with van der Waals surface area (Å²) >= 11 is 0. The Labute approximate surface area is 97.9 Å². The summed E-state index contributed by atoms with van der Waals surface area (Å²) in [5, 5.41) is 3.64. The zero-order chi connectivity index (χ0) is 11.4. The van der Waals surface area contributed by atoms with Gasteiger partial charge in [0.05, 0.1) is 13.5 Å². The van der Waals surface area contributed by atoms with Crippen molar-refractivity contribution in [3.8, 4) is 0 Å². The zero-order valence-electron chi connectivity index (χ0n) is 10.3. The number of ether oxygens (including phenoxy) is 1. The third-order valence-corrected chi connectivity index (χ3v) is 4.26. The quantitative estimate of drug-likeness (QED) is 0.729. The number of carbonyl (C=O) groups excluding carboxylic acids is 1. The molecule has 0 saturated heterocycles. The van der Waals surface area contributed by atoms with Crippen molar-refractivity contribution < 1.29 is 9.53 Å². The van der Waals surface area contributed by atoms with E-state index in [4.69, 9.17) is 4.74 Å². The van der Waals surface area contributed by atoms with Gasteiger partial charge in [0.15, 0.2) is 0 Å². The second-order valence-electron chi connectivity index (χ2n) is 5.42. The largest absolute Gasteiger partial charge is 0.469 e. The van der Waals surface area contributed by atoms with Crippen LogP contribution in [0.15, 0.2) is 0 Å². The first kappa shape index (κ1) is 11.9. The van der Waals surface area contributed by atoms with Crippen molar-refractivity contribution in [2.24, 2.45) is 5.92 Å². The monoisotopic (exact) mass is 225 g/mol. The van der Waals surface area contributed by atoms with Crippen LogP contribution in [0.25, 0.3) is 0 Å². The second kappa shape index (κ2) is 5.17. The van der Waals surface area contributed by atoms with Crippen molar-refractivity contribution in [1.29, 1.82) is 0 Å². The Hall–Kier alpha value is -0.570. The van der Waals surface area contributed by atoms with Gasteiger partial charge >= 0.3 is 5.97 Å². The minimum atomic E-state index is -0.0707. The van der Waals surface area contributed by atoms with Crippen molar-refractivity contribution in [1.82, 2.24) is 5.32 Å². The summed E-state index contributed by atoms with van der Waals surface area (Å²) in [5.41, 5.74) is 0.0791. The Morgan fingerprint density at radius 2 is 2.00 bits per heavy atom. The minimum Gasteiger partial charge on any atom is -0.469 e. The number of hydrogen-bond donors (Lipinski definition) is 1. The van der Waals surface area contributed by atoms with Crippen molar-refractivity contribution in [3.63, 3.8) is 0 Å². The van der Waals surface area contributed by atoms with Gasteiger partial charge in [-0.2, -0.15) is 0 Å². The van der Waals surface area contributed by atoms with Crippen molar-refractivity contribution in [3.05, 3.63) is 0 Å². The van der Waals surface area contributed by atoms with Gasteiger partial charge in [0, 0.05) is 5.54 Å². The van der Waals surface area contributed by atoms with Crippen LogP contribution < -0.4 is 5.32 Å². The molecule has 0 aromatic heterocycles. The molecule has 0 radical (unpaired) electrons. The molecular weight excluding hydrogens is 202 g/mol. The van der Waals surface area contributed by atoms with Crippen LogP contribution in [-0.4, -0.2) is 25.2 Å². The number of esters is 1. The molecule has 0 spiro atoms. The summed E-state index contributed by atoms with van der Waals surface area (Å²) in [5.74, 6) is 0.772. The molecule has 2 aliphatic rings. The van der Waals surface area contributed by atoms with Gasteiger partial charge in [-0.15, -0.1) is 0 Å². The summed E-state index contributed by atoms with van der Waals surface area (Å²) in [6.07, 6.45) is 9.56. The number of nitrogens with one attached hydrogen (secondary N) is 1. The maximum absolute atomic E-state index is 11.4. The molecule has 1 N–H and O–H groups in total. The fraction of sp³-hybridized carbons (Fsp3) is 0.923. The Bertz CT molecular complexity index is 242. The van der Waals surface area contributed by atoms with E-state index >= 15 is 0 Å². The predicted molar refractivity (Wildman–Crippen MR) is 63.2 cm³/mol. The average molecular weight is 225 g/mol. The summed E-state index contributed by atoms with van der Waals surface area (Å²) in [7, 11) is 1.48. The highest BCUT2D eigenvalue weighted by Gasteiger charge is 2.39.